The van der Waals surface area contributed by atoms with Crippen LogP contribution in [-0.4, -0.2) is 47.2 Å². The van der Waals surface area contributed by atoms with Crippen LogP contribution in [0.15, 0.2) is 29.2 Å². The molecule has 0 radical (unpaired) electrons. The fourth-order valence-corrected chi connectivity index (χ4v) is 4.22. The van der Waals surface area contributed by atoms with Gasteiger partial charge < -0.3 is 24.8 Å². The lowest BCUT2D eigenvalue weighted by Gasteiger charge is -2.25. The van der Waals surface area contributed by atoms with E-state index in [-0.39, 0.29) is 17.4 Å². The Kier molecular flexibility index (Phi) is 5.08. The quantitative estimate of drug-likeness (QED) is 0.588. The van der Waals surface area contributed by atoms with Crippen LogP contribution in [-0.2, 0) is 7.05 Å². The van der Waals surface area contributed by atoms with Crippen LogP contribution < -0.4 is 25.8 Å². The van der Waals surface area contributed by atoms with Crippen LogP contribution in [0.25, 0.3) is 10.9 Å². The largest absolute Gasteiger partial charge is 0.480 e. The molecule has 0 unspecified atom stereocenters. The summed E-state index contributed by atoms with van der Waals surface area (Å²) >= 11 is 6.28. The van der Waals surface area contributed by atoms with Gasteiger partial charge in [-0.15, -0.1) is 0 Å². The van der Waals surface area contributed by atoms with Gasteiger partial charge in [0.25, 0.3) is 5.56 Å². The highest BCUT2D eigenvalue weighted by molar-refractivity contribution is 6.32. The van der Waals surface area contributed by atoms with E-state index in [1.54, 1.807) is 30.1 Å². The molecule has 174 valence electrons. The van der Waals surface area contributed by atoms with Crippen molar-refractivity contribution in [2.45, 2.75) is 24.8 Å². The zero-order valence-electron chi connectivity index (χ0n) is 18.3. The molecule has 8 nitrogen and oxygen atoms in total. The molecule has 1 atom stereocenters. The summed E-state index contributed by atoms with van der Waals surface area (Å²) in [6, 6.07) is 4.19. The second-order valence-electron chi connectivity index (χ2n) is 8.70. The lowest BCUT2D eigenvalue weighted by atomic mass is 10.0. The van der Waals surface area contributed by atoms with Crippen molar-refractivity contribution in [1.29, 1.82) is 0 Å². The number of aromatic nitrogens is 3. The summed E-state index contributed by atoms with van der Waals surface area (Å²) in [5.74, 6) is -2.47. The van der Waals surface area contributed by atoms with E-state index in [2.05, 4.69) is 20.6 Å². The molecule has 5 rings (SSSR count). The first kappa shape index (κ1) is 21.7. The minimum Gasteiger partial charge on any atom is -0.480 e. The van der Waals surface area contributed by atoms with Crippen molar-refractivity contribution in [3.8, 4) is 5.75 Å². The number of rotatable bonds is 4. The standard InChI is InChI=1S/C22H23ClF2N6O2/c1-30(2)21-26-9-14(23)19(29-21)27-12-6-7-15-13(8-12)16-17(20(32)31(15)3)33-10-22(24,25)18(28-16)11-4-5-11/h6-9,11,18,28H,4-5,10H2,1-3H3,(H,26,27,29)/t18-/m0/s1. The number of alkyl halides is 2. The maximum atomic E-state index is 14.8. The molecule has 3 heterocycles. The molecule has 0 spiro atoms. The summed E-state index contributed by atoms with van der Waals surface area (Å²) in [6.45, 7) is -0.837. The Balaban J connectivity index is 1.62. The van der Waals surface area contributed by atoms with Gasteiger partial charge in [-0.05, 0) is 37.0 Å². The molecule has 2 aromatic heterocycles. The summed E-state index contributed by atoms with van der Waals surface area (Å²) in [7, 11) is 5.22. The van der Waals surface area contributed by atoms with Gasteiger partial charge >= 0.3 is 5.92 Å². The molecule has 2 N–H and O–H groups in total. The molecule has 0 amide bonds. The number of nitrogens with zero attached hydrogens (tertiary/aromatic N) is 4. The number of hydrogen-bond donors (Lipinski definition) is 2. The number of hydrogen-bond acceptors (Lipinski definition) is 7. The average molecular weight is 477 g/mol. The van der Waals surface area contributed by atoms with E-state index in [9.17, 15) is 13.6 Å². The van der Waals surface area contributed by atoms with Gasteiger partial charge in [-0.25, -0.2) is 13.8 Å². The van der Waals surface area contributed by atoms with Crippen LogP contribution in [0.1, 0.15) is 12.8 Å². The third-order valence-corrected chi connectivity index (χ3v) is 6.28. The Morgan fingerprint density at radius 3 is 2.79 bits per heavy atom. The van der Waals surface area contributed by atoms with Gasteiger partial charge in [0.05, 0.1) is 23.4 Å². The molecular weight excluding hydrogens is 454 g/mol. The first-order chi connectivity index (χ1) is 15.7. The van der Waals surface area contributed by atoms with Crippen LogP contribution in [0.5, 0.6) is 5.75 Å². The predicted octanol–water partition coefficient (Wildman–Crippen LogP) is 4.01. The molecule has 1 fully saturated rings. The van der Waals surface area contributed by atoms with Crippen molar-refractivity contribution in [2.75, 3.05) is 36.2 Å². The molecule has 0 bridgehead atoms. The molecule has 1 aliphatic heterocycles. The Bertz CT molecular complexity index is 1310. The Morgan fingerprint density at radius 2 is 2.09 bits per heavy atom. The van der Waals surface area contributed by atoms with Gasteiger partial charge in [0.1, 0.15) is 5.02 Å². The number of aryl methyl sites for hydroxylation is 1. The fourth-order valence-electron chi connectivity index (χ4n) is 4.08. The number of anilines is 4. The van der Waals surface area contributed by atoms with Crippen molar-refractivity contribution >= 4 is 45.6 Å². The smallest absolute Gasteiger partial charge is 0.301 e. The number of halogens is 3. The van der Waals surface area contributed by atoms with Crippen molar-refractivity contribution in [2.24, 2.45) is 13.0 Å². The second-order valence-corrected chi connectivity index (χ2v) is 9.10. The van der Waals surface area contributed by atoms with Gasteiger partial charge in [0, 0.05) is 32.2 Å². The maximum absolute atomic E-state index is 14.8. The molecule has 1 aliphatic carbocycles. The molecule has 0 saturated heterocycles. The van der Waals surface area contributed by atoms with E-state index >= 15 is 0 Å². The van der Waals surface area contributed by atoms with Crippen LogP contribution in [0.3, 0.4) is 0 Å². The highest BCUT2D eigenvalue weighted by Crippen LogP contribution is 2.45. The van der Waals surface area contributed by atoms with Crippen molar-refractivity contribution in [1.82, 2.24) is 14.5 Å². The number of fused-ring (bicyclic) bond motifs is 3. The third-order valence-electron chi connectivity index (χ3n) is 6.00. The minimum absolute atomic E-state index is 0.0973. The van der Waals surface area contributed by atoms with Gasteiger partial charge in [0.2, 0.25) is 11.7 Å². The van der Waals surface area contributed by atoms with Crippen LogP contribution in [0, 0.1) is 5.92 Å². The monoisotopic (exact) mass is 476 g/mol. The number of pyridine rings is 1. The summed E-state index contributed by atoms with van der Waals surface area (Å²) < 4.78 is 36.4. The normalized spacial score (nSPS) is 19.3. The van der Waals surface area contributed by atoms with Crippen LogP contribution in [0.4, 0.5) is 31.9 Å². The minimum atomic E-state index is -3.09. The lowest BCUT2D eigenvalue weighted by Crippen LogP contribution is -2.44. The molecule has 3 aromatic rings. The van der Waals surface area contributed by atoms with Crippen LogP contribution >= 0.6 is 11.6 Å². The van der Waals surface area contributed by atoms with Crippen LogP contribution in [0.2, 0.25) is 5.02 Å². The van der Waals surface area contributed by atoms with E-state index in [1.807, 2.05) is 14.1 Å². The second kappa shape index (κ2) is 7.72. The molecule has 2 aliphatic rings. The lowest BCUT2D eigenvalue weighted by molar-refractivity contribution is -0.0579. The van der Waals surface area contributed by atoms with E-state index in [0.29, 0.717) is 33.4 Å². The van der Waals surface area contributed by atoms with Gasteiger partial charge in [-0.1, -0.05) is 11.6 Å². The molecule has 1 aromatic carbocycles. The summed E-state index contributed by atoms with van der Waals surface area (Å²) in [5.41, 5.74) is 1.03. The molecule has 33 heavy (non-hydrogen) atoms. The highest BCUT2D eigenvalue weighted by atomic mass is 35.5. The zero-order chi connectivity index (χ0) is 23.5. The van der Waals surface area contributed by atoms with Gasteiger partial charge in [-0.2, -0.15) is 4.98 Å². The molecule has 1 saturated carbocycles. The number of benzene rings is 1. The van der Waals surface area contributed by atoms with Crippen molar-refractivity contribution < 1.29 is 13.5 Å². The summed E-state index contributed by atoms with van der Waals surface area (Å²) in [4.78, 5) is 23.2. The summed E-state index contributed by atoms with van der Waals surface area (Å²) in [5, 5.41) is 7.05. The van der Waals surface area contributed by atoms with Crippen molar-refractivity contribution in [3.05, 3.63) is 39.8 Å². The van der Waals surface area contributed by atoms with Gasteiger partial charge in [-0.3, -0.25) is 4.79 Å². The first-order valence-corrected chi connectivity index (χ1v) is 10.9. The van der Waals surface area contributed by atoms with Gasteiger partial charge in [0.15, 0.2) is 12.4 Å². The van der Waals surface area contributed by atoms with Crippen molar-refractivity contribution in [3.63, 3.8) is 0 Å². The molecular formula is C22H23ClF2N6O2. The highest BCUT2D eigenvalue weighted by Gasteiger charge is 2.51. The van der Waals surface area contributed by atoms with E-state index in [4.69, 9.17) is 16.3 Å². The van der Waals surface area contributed by atoms with E-state index in [1.165, 1.54) is 10.8 Å². The van der Waals surface area contributed by atoms with E-state index < -0.39 is 24.1 Å². The Labute approximate surface area is 193 Å². The predicted molar refractivity (Wildman–Crippen MR) is 124 cm³/mol. The summed E-state index contributed by atoms with van der Waals surface area (Å²) in [6.07, 6.45) is 2.94. The number of ether oxygens (including phenoxy) is 1. The number of nitrogens with one attached hydrogen (secondary N) is 2. The van der Waals surface area contributed by atoms with E-state index in [0.717, 1.165) is 12.8 Å². The maximum Gasteiger partial charge on any atom is 0.301 e. The average Bonchev–Trinajstić information content (AvgIpc) is 3.61. The Hall–Kier alpha value is -3.14. The zero-order valence-corrected chi connectivity index (χ0v) is 19.1. The SMILES string of the molecule is CN(C)c1ncc(Cl)c(Nc2ccc3c(c2)c2c(c(=O)n3C)OCC(F)(F)[C@H](C3CC3)N2)n1. The topological polar surface area (TPSA) is 84.3 Å². The Morgan fingerprint density at radius 1 is 1.33 bits per heavy atom. The molecule has 11 heteroatoms. The first-order valence-electron chi connectivity index (χ1n) is 10.6. The third kappa shape index (κ3) is 3.82. The fraction of sp³-hybridized carbons (Fsp3) is 0.409.